The Morgan fingerprint density at radius 3 is 2.68 bits per heavy atom. The summed E-state index contributed by atoms with van der Waals surface area (Å²) in [4.78, 5) is 14.3. The van der Waals surface area contributed by atoms with E-state index in [9.17, 15) is 4.79 Å². The zero-order valence-corrected chi connectivity index (χ0v) is 18.4. The lowest BCUT2D eigenvalue weighted by atomic mass is 9.49. The molecule has 0 aromatic carbocycles. The van der Waals surface area contributed by atoms with E-state index < -0.39 is 0 Å². The van der Waals surface area contributed by atoms with Crippen LogP contribution in [0, 0.1) is 34.5 Å². The lowest BCUT2D eigenvalue weighted by molar-refractivity contribution is -0.137. The quantitative estimate of drug-likeness (QED) is 0.635. The van der Waals surface area contributed by atoms with Crippen molar-refractivity contribution in [2.75, 3.05) is 7.05 Å². The Morgan fingerprint density at radius 2 is 1.96 bits per heavy atom. The van der Waals surface area contributed by atoms with Crippen molar-refractivity contribution in [2.24, 2.45) is 34.5 Å². The third kappa shape index (κ3) is 2.67. The van der Waals surface area contributed by atoms with Gasteiger partial charge in [0.15, 0.2) is 0 Å². The van der Waals surface area contributed by atoms with Crippen molar-refractivity contribution in [3.8, 4) is 0 Å². The zero-order valence-electron chi connectivity index (χ0n) is 18.4. The Morgan fingerprint density at radius 1 is 1.18 bits per heavy atom. The molecule has 5 rings (SSSR count). The first-order chi connectivity index (χ1) is 13.4. The van der Waals surface area contributed by atoms with Crippen molar-refractivity contribution in [2.45, 2.75) is 97.2 Å². The molecule has 4 fully saturated rings. The van der Waals surface area contributed by atoms with E-state index >= 15 is 0 Å². The van der Waals surface area contributed by atoms with Crippen LogP contribution in [-0.2, 0) is 9.53 Å². The van der Waals surface area contributed by atoms with Gasteiger partial charge in [-0.3, -0.25) is 4.79 Å². The third-order valence-corrected chi connectivity index (χ3v) is 9.61. The van der Waals surface area contributed by atoms with Gasteiger partial charge in [0.1, 0.15) is 0 Å². The molecule has 0 aromatic heterocycles. The second-order valence-electron chi connectivity index (χ2n) is 11.2. The lowest BCUT2D eigenvalue weighted by Gasteiger charge is -2.58. The summed E-state index contributed by atoms with van der Waals surface area (Å²) in [6, 6.07) is 0. The van der Waals surface area contributed by atoms with Crippen molar-refractivity contribution in [3.05, 3.63) is 11.8 Å². The van der Waals surface area contributed by atoms with E-state index in [2.05, 4.69) is 26.8 Å². The molecule has 5 aliphatic rings. The number of piperidine rings is 1. The molecule has 3 nitrogen and oxygen atoms in total. The van der Waals surface area contributed by atoms with E-state index in [0.29, 0.717) is 23.5 Å². The molecule has 1 amide bonds. The average molecular weight is 386 g/mol. The molecule has 1 heterocycles. The Labute approximate surface area is 171 Å². The van der Waals surface area contributed by atoms with Crippen LogP contribution >= 0.6 is 0 Å². The molecule has 3 saturated carbocycles. The molecule has 4 aliphatic carbocycles. The van der Waals surface area contributed by atoms with E-state index in [0.717, 1.165) is 36.5 Å². The van der Waals surface area contributed by atoms with E-state index in [1.165, 1.54) is 57.1 Å². The topological polar surface area (TPSA) is 29.5 Å². The molecule has 0 aromatic rings. The van der Waals surface area contributed by atoms with Crippen LogP contribution in [0.4, 0.5) is 0 Å². The molecule has 0 radical (unpaired) electrons. The molecule has 1 aliphatic heterocycles. The van der Waals surface area contributed by atoms with Crippen molar-refractivity contribution in [3.63, 3.8) is 0 Å². The number of amides is 1. The van der Waals surface area contributed by atoms with Crippen LogP contribution in [0.3, 0.4) is 0 Å². The molecule has 0 N–H and O–H groups in total. The van der Waals surface area contributed by atoms with Gasteiger partial charge in [-0.1, -0.05) is 33.3 Å². The van der Waals surface area contributed by atoms with Gasteiger partial charge < -0.3 is 9.64 Å². The zero-order chi connectivity index (χ0) is 19.7. The summed E-state index contributed by atoms with van der Waals surface area (Å²) in [7, 11) is 2.01. The summed E-state index contributed by atoms with van der Waals surface area (Å²) in [5, 5.41) is 0. The lowest BCUT2D eigenvalue weighted by Crippen LogP contribution is -2.54. The van der Waals surface area contributed by atoms with Crippen LogP contribution in [0.5, 0.6) is 0 Å². The van der Waals surface area contributed by atoms with Crippen LogP contribution in [0.1, 0.15) is 85.0 Å². The van der Waals surface area contributed by atoms with Gasteiger partial charge in [-0.2, -0.15) is 0 Å². The van der Waals surface area contributed by atoms with Gasteiger partial charge in [0.05, 0.1) is 12.2 Å². The highest BCUT2D eigenvalue weighted by Gasteiger charge is 2.62. The summed E-state index contributed by atoms with van der Waals surface area (Å²) in [6.07, 6.45) is 15.6. The molecule has 28 heavy (non-hydrogen) atoms. The molecule has 156 valence electrons. The van der Waals surface area contributed by atoms with Crippen LogP contribution < -0.4 is 0 Å². The van der Waals surface area contributed by atoms with Gasteiger partial charge in [0.25, 0.3) is 0 Å². The number of hydrogen-bond acceptors (Lipinski definition) is 2. The average Bonchev–Trinajstić information content (AvgIpc) is 3.44. The Balaban J connectivity index is 1.46. The number of likely N-dealkylation sites (tertiary alicyclic amines) is 1. The first-order valence-electron chi connectivity index (χ1n) is 12.0. The summed E-state index contributed by atoms with van der Waals surface area (Å²) < 4.78 is 6.73. The highest BCUT2D eigenvalue weighted by molar-refractivity contribution is 5.79. The van der Waals surface area contributed by atoms with Gasteiger partial charge in [0, 0.05) is 24.6 Å². The number of fused-ring (bicyclic) bond motifs is 5. The van der Waals surface area contributed by atoms with Crippen molar-refractivity contribution in [1.29, 1.82) is 0 Å². The largest absolute Gasteiger partial charge is 0.374 e. The minimum absolute atomic E-state index is 0.197. The summed E-state index contributed by atoms with van der Waals surface area (Å²) >= 11 is 0. The maximum absolute atomic E-state index is 12.3. The standard InChI is InChI=1S/C25H39NO2/c1-5-6-16-15-20-18-9-10-21-24(2,14-12-22(27)26(21)4)19(18)11-13-25(20,3)23(16)28-17-7-8-17/h10,16-20,23H,5-9,11-15H2,1-4H3/t16?,18-,19-,20+,23?,24-,25+/m1/s1. The Kier molecular flexibility index (Phi) is 4.51. The van der Waals surface area contributed by atoms with E-state index in [-0.39, 0.29) is 5.41 Å². The molecule has 0 bridgehead atoms. The normalized spacial score (nSPS) is 48.0. The second kappa shape index (κ2) is 6.59. The van der Waals surface area contributed by atoms with Gasteiger partial charge >= 0.3 is 0 Å². The van der Waals surface area contributed by atoms with E-state index in [4.69, 9.17) is 4.74 Å². The molecule has 1 saturated heterocycles. The van der Waals surface area contributed by atoms with Crippen LogP contribution in [0.2, 0.25) is 0 Å². The first-order valence-corrected chi connectivity index (χ1v) is 12.0. The fourth-order valence-corrected chi connectivity index (χ4v) is 8.03. The fraction of sp³-hybridized carbons (Fsp3) is 0.880. The first kappa shape index (κ1) is 19.2. The summed E-state index contributed by atoms with van der Waals surface area (Å²) in [5.41, 5.74) is 1.90. The fourth-order valence-electron chi connectivity index (χ4n) is 8.03. The second-order valence-corrected chi connectivity index (χ2v) is 11.2. The van der Waals surface area contributed by atoms with Gasteiger partial charge in [-0.05, 0) is 80.5 Å². The minimum atomic E-state index is 0.197. The van der Waals surface area contributed by atoms with Crippen molar-refractivity contribution < 1.29 is 9.53 Å². The predicted octanol–water partition coefficient (Wildman–Crippen LogP) is 5.55. The van der Waals surface area contributed by atoms with Crippen molar-refractivity contribution in [1.82, 2.24) is 4.90 Å². The maximum Gasteiger partial charge on any atom is 0.226 e. The maximum atomic E-state index is 12.3. The number of ether oxygens (including phenoxy) is 1. The van der Waals surface area contributed by atoms with Gasteiger partial charge in [-0.15, -0.1) is 0 Å². The molecule has 3 heteroatoms. The minimum Gasteiger partial charge on any atom is -0.374 e. The van der Waals surface area contributed by atoms with Crippen LogP contribution in [0.15, 0.2) is 11.8 Å². The summed E-state index contributed by atoms with van der Waals surface area (Å²) in [6.45, 7) is 7.39. The van der Waals surface area contributed by atoms with E-state index in [1.54, 1.807) is 0 Å². The third-order valence-electron chi connectivity index (χ3n) is 9.61. The smallest absolute Gasteiger partial charge is 0.226 e. The number of nitrogens with zero attached hydrogens (tertiary/aromatic N) is 1. The highest BCUT2D eigenvalue weighted by Crippen LogP contribution is 2.66. The number of rotatable bonds is 4. The number of hydrogen-bond donors (Lipinski definition) is 0. The summed E-state index contributed by atoms with van der Waals surface area (Å²) in [5.74, 6) is 3.38. The number of carbonyl (C=O) groups is 1. The SMILES string of the molecule is CCCC1C[C@H]2[C@@H]3CC=C4N(C)C(=O)CC[C@]4(C)[C@@H]3CC[C@]2(C)C1OC1CC1. The van der Waals surface area contributed by atoms with Gasteiger partial charge in [0.2, 0.25) is 5.91 Å². The highest BCUT2D eigenvalue weighted by atomic mass is 16.5. The molecule has 0 spiro atoms. The van der Waals surface area contributed by atoms with Crippen molar-refractivity contribution >= 4 is 5.91 Å². The number of allylic oxidation sites excluding steroid dienone is 2. The Hall–Kier alpha value is -0.830. The Bertz CT molecular complexity index is 682. The van der Waals surface area contributed by atoms with Crippen LogP contribution in [-0.4, -0.2) is 30.1 Å². The van der Waals surface area contributed by atoms with Crippen LogP contribution in [0.25, 0.3) is 0 Å². The number of carbonyl (C=O) groups excluding carboxylic acids is 1. The van der Waals surface area contributed by atoms with E-state index in [1.807, 2.05) is 11.9 Å². The predicted molar refractivity (Wildman–Crippen MR) is 112 cm³/mol. The monoisotopic (exact) mass is 385 g/mol. The molecule has 7 atom stereocenters. The molecular weight excluding hydrogens is 346 g/mol. The van der Waals surface area contributed by atoms with Gasteiger partial charge in [-0.25, -0.2) is 0 Å². The molecule has 2 unspecified atom stereocenters. The molecular formula is C25H39NO2.